The number of aryl methyl sites for hydroxylation is 1. The maximum atomic E-state index is 14.6. The molecule has 10 nitrogen and oxygen atoms in total. The molecule has 0 saturated carbocycles. The van der Waals surface area contributed by atoms with Crippen molar-refractivity contribution >= 4 is 17.7 Å². The van der Waals surface area contributed by atoms with Gasteiger partial charge in [0.25, 0.3) is 0 Å². The molecule has 1 N–H and O–H groups in total. The lowest BCUT2D eigenvalue weighted by Gasteiger charge is -2.14. The Balaban J connectivity index is 1.58. The number of cyclic esters (lactones) is 1. The number of pyridine rings is 1. The van der Waals surface area contributed by atoms with Gasteiger partial charge >= 0.3 is 12.1 Å². The maximum Gasteiger partial charge on any atom is 0.415 e. The normalized spacial score (nSPS) is 16.3. The first-order valence-electron chi connectivity index (χ1n) is 8.13. The van der Waals surface area contributed by atoms with E-state index in [1.54, 1.807) is 19.2 Å². The Morgan fingerprint density at radius 2 is 2.14 bits per heavy atom. The Kier molecular flexibility index (Phi) is 4.18. The third-order valence-electron chi connectivity index (χ3n) is 4.16. The summed E-state index contributed by atoms with van der Waals surface area (Å²) in [7, 11) is 1.64. The predicted molar refractivity (Wildman–Crippen MR) is 92.7 cm³/mol. The Morgan fingerprint density at radius 1 is 1.32 bits per heavy atom. The lowest BCUT2D eigenvalue weighted by atomic mass is 10.1. The number of anilines is 1. The van der Waals surface area contributed by atoms with Gasteiger partial charge in [0, 0.05) is 17.3 Å². The van der Waals surface area contributed by atoms with Crippen LogP contribution in [0.15, 0.2) is 36.5 Å². The van der Waals surface area contributed by atoms with Crippen molar-refractivity contribution in [2.24, 2.45) is 7.05 Å². The van der Waals surface area contributed by atoms with E-state index < -0.39 is 24.0 Å². The molecule has 1 aliphatic heterocycles. The number of rotatable bonds is 4. The van der Waals surface area contributed by atoms with Crippen molar-refractivity contribution in [3.8, 4) is 22.6 Å². The zero-order chi connectivity index (χ0) is 19.8. The molecule has 3 aromatic rings. The number of carbonyl (C=O) groups is 2. The van der Waals surface area contributed by atoms with Crippen molar-refractivity contribution in [1.82, 2.24) is 25.2 Å². The molecule has 2 aromatic heterocycles. The Labute approximate surface area is 157 Å². The number of amides is 1. The van der Waals surface area contributed by atoms with Gasteiger partial charge in [0.2, 0.25) is 11.9 Å². The summed E-state index contributed by atoms with van der Waals surface area (Å²) in [5, 5.41) is 20.6. The van der Waals surface area contributed by atoms with Crippen LogP contribution in [0.3, 0.4) is 0 Å². The molecule has 0 bridgehead atoms. The van der Waals surface area contributed by atoms with E-state index in [4.69, 9.17) is 9.84 Å². The van der Waals surface area contributed by atoms with Gasteiger partial charge in [-0.25, -0.2) is 14.0 Å². The summed E-state index contributed by atoms with van der Waals surface area (Å²) in [5.74, 6) is -1.49. The molecule has 1 atom stereocenters. The summed E-state index contributed by atoms with van der Waals surface area (Å²) in [4.78, 5) is 29.4. The van der Waals surface area contributed by atoms with Gasteiger partial charge in [0.05, 0.1) is 19.3 Å². The van der Waals surface area contributed by atoms with E-state index in [-0.39, 0.29) is 17.8 Å². The number of aromatic nitrogens is 5. The van der Waals surface area contributed by atoms with Crippen molar-refractivity contribution in [3.63, 3.8) is 0 Å². The lowest BCUT2D eigenvalue weighted by Crippen LogP contribution is -2.27. The predicted octanol–water partition coefficient (Wildman–Crippen LogP) is 1.49. The van der Waals surface area contributed by atoms with E-state index >= 15 is 0 Å². The highest BCUT2D eigenvalue weighted by atomic mass is 19.1. The molecule has 4 rings (SSSR count). The molecule has 11 heteroatoms. The Hall–Kier alpha value is -3.89. The van der Waals surface area contributed by atoms with Gasteiger partial charge in [-0.15, -0.1) is 10.2 Å². The summed E-state index contributed by atoms with van der Waals surface area (Å²) in [6.07, 6.45) is -0.627. The molecule has 1 aromatic carbocycles. The number of ether oxygens (including phenoxy) is 1. The largest absolute Gasteiger partial charge is 0.478 e. The molecule has 1 amide bonds. The summed E-state index contributed by atoms with van der Waals surface area (Å²) in [6.45, 7) is -0.186. The van der Waals surface area contributed by atoms with Crippen LogP contribution < -0.4 is 4.90 Å². The zero-order valence-corrected chi connectivity index (χ0v) is 14.5. The third kappa shape index (κ3) is 3.13. The van der Waals surface area contributed by atoms with Gasteiger partial charge in [-0.3, -0.25) is 9.88 Å². The molecule has 1 aliphatic rings. The summed E-state index contributed by atoms with van der Waals surface area (Å²) in [6, 6.07) is 7.47. The second-order valence-electron chi connectivity index (χ2n) is 6.02. The highest BCUT2D eigenvalue weighted by molar-refractivity contribution is 5.94. The minimum absolute atomic E-state index is 0.186. The van der Waals surface area contributed by atoms with Crippen LogP contribution in [0.5, 0.6) is 0 Å². The first-order chi connectivity index (χ1) is 13.4. The van der Waals surface area contributed by atoms with Gasteiger partial charge < -0.3 is 9.84 Å². The van der Waals surface area contributed by atoms with Gasteiger partial charge in [-0.2, -0.15) is 4.80 Å². The number of tetrazole rings is 1. The fourth-order valence-electron chi connectivity index (χ4n) is 2.78. The number of hydrogen-bond acceptors (Lipinski definition) is 7. The van der Waals surface area contributed by atoms with E-state index in [9.17, 15) is 14.0 Å². The molecule has 28 heavy (non-hydrogen) atoms. The summed E-state index contributed by atoms with van der Waals surface area (Å²) in [5.41, 5.74) is 1.50. The van der Waals surface area contributed by atoms with Crippen LogP contribution in [0.2, 0.25) is 0 Å². The molecule has 0 unspecified atom stereocenters. The van der Waals surface area contributed by atoms with Crippen LogP contribution in [-0.2, 0) is 16.6 Å². The second-order valence-corrected chi connectivity index (χ2v) is 6.02. The van der Waals surface area contributed by atoms with E-state index in [2.05, 4.69) is 20.4 Å². The van der Waals surface area contributed by atoms with Crippen molar-refractivity contribution in [2.45, 2.75) is 6.10 Å². The molecule has 0 spiro atoms. The summed E-state index contributed by atoms with van der Waals surface area (Å²) >= 11 is 0. The number of carboxylic acids is 1. The monoisotopic (exact) mass is 384 g/mol. The lowest BCUT2D eigenvalue weighted by molar-refractivity contribution is -0.144. The SMILES string of the molecule is Cn1nnc(-c2ccc(-c3ccc(N4C[C@H](C(=O)O)OC4=O)cc3F)cn2)n1. The topological polar surface area (TPSA) is 123 Å². The third-order valence-corrected chi connectivity index (χ3v) is 4.16. The molecular weight excluding hydrogens is 371 g/mol. The number of halogens is 1. The van der Waals surface area contributed by atoms with Gasteiger partial charge in [-0.05, 0) is 29.5 Å². The Bertz CT molecular complexity index is 1070. The van der Waals surface area contributed by atoms with Gasteiger partial charge in [0.1, 0.15) is 11.5 Å². The number of nitrogens with zero attached hydrogens (tertiary/aromatic N) is 6. The van der Waals surface area contributed by atoms with Gasteiger partial charge in [0.15, 0.2) is 0 Å². The van der Waals surface area contributed by atoms with E-state index in [0.29, 0.717) is 17.1 Å². The van der Waals surface area contributed by atoms with Gasteiger partial charge in [-0.1, -0.05) is 6.07 Å². The highest BCUT2D eigenvalue weighted by Gasteiger charge is 2.37. The molecule has 0 aliphatic carbocycles. The van der Waals surface area contributed by atoms with E-state index in [1.807, 2.05) is 0 Å². The molecule has 1 saturated heterocycles. The fourth-order valence-corrected chi connectivity index (χ4v) is 2.78. The first-order valence-corrected chi connectivity index (χ1v) is 8.13. The first kappa shape index (κ1) is 17.5. The minimum atomic E-state index is -1.28. The van der Waals surface area contributed by atoms with Crippen molar-refractivity contribution in [1.29, 1.82) is 0 Å². The number of aliphatic carboxylic acids is 1. The standard InChI is InChI=1S/C17H13FN6O4/c1-23-21-15(20-22-23)13-5-2-9(7-19-13)11-4-3-10(6-12(11)18)24-8-14(16(25)26)28-17(24)27/h2-7,14H,8H2,1H3,(H,25,26)/t14-/m1/s1. The summed E-state index contributed by atoms with van der Waals surface area (Å²) < 4.78 is 19.4. The van der Waals surface area contributed by atoms with Crippen LogP contribution >= 0.6 is 0 Å². The molecule has 0 radical (unpaired) electrons. The van der Waals surface area contributed by atoms with Crippen LogP contribution in [0.1, 0.15) is 0 Å². The maximum absolute atomic E-state index is 14.6. The average Bonchev–Trinajstić information content (AvgIpc) is 3.28. The number of carboxylic acid groups (broad SMARTS) is 1. The highest BCUT2D eigenvalue weighted by Crippen LogP contribution is 2.29. The molecule has 1 fully saturated rings. The van der Waals surface area contributed by atoms with Crippen molar-refractivity contribution in [3.05, 3.63) is 42.3 Å². The van der Waals surface area contributed by atoms with Crippen LogP contribution in [-0.4, -0.2) is 55.0 Å². The minimum Gasteiger partial charge on any atom is -0.478 e. The molecule has 3 heterocycles. The number of hydrogen-bond donors (Lipinski definition) is 1. The van der Waals surface area contributed by atoms with Crippen molar-refractivity contribution < 1.29 is 23.8 Å². The fraction of sp³-hybridized carbons (Fsp3) is 0.176. The second kappa shape index (κ2) is 6.68. The van der Waals surface area contributed by atoms with Crippen LogP contribution in [0.25, 0.3) is 22.6 Å². The number of benzene rings is 1. The molecular formula is C17H13FN6O4. The quantitative estimate of drug-likeness (QED) is 0.718. The smallest absolute Gasteiger partial charge is 0.415 e. The zero-order valence-electron chi connectivity index (χ0n) is 14.5. The van der Waals surface area contributed by atoms with Crippen molar-refractivity contribution in [2.75, 3.05) is 11.4 Å². The average molecular weight is 384 g/mol. The van der Waals surface area contributed by atoms with E-state index in [0.717, 1.165) is 11.0 Å². The van der Waals surface area contributed by atoms with Crippen LogP contribution in [0.4, 0.5) is 14.9 Å². The number of carbonyl (C=O) groups excluding carboxylic acids is 1. The van der Waals surface area contributed by atoms with E-state index in [1.165, 1.54) is 23.1 Å². The molecule has 142 valence electrons. The Morgan fingerprint density at radius 3 is 2.71 bits per heavy atom. The van der Waals surface area contributed by atoms with Crippen LogP contribution in [0, 0.1) is 5.82 Å².